The fourth-order valence-corrected chi connectivity index (χ4v) is 6.95. The van der Waals surface area contributed by atoms with Crippen molar-refractivity contribution < 1.29 is 5.11 Å². The van der Waals surface area contributed by atoms with Crippen LogP contribution in [0.1, 0.15) is 72.1 Å². The largest absolute Gasteiger partial charge is 0.389 e. The Hall–Kier alpha value is -0.560. The van der Waals surface area contributed by atoms with Gasteiger partial charge in [-0.05, 0) is 86.0 Å². The molecule has 0 bridgehead atoms. The zero-order valence-electron chi connectivity index (χ0n) is 14.6. The molecule has 2 fully saturated rings. The van der Waals surface area contributed by atoms with Crippen LogP contribution < -0.4 is 0 Å². The fourth-order valence-electron chi connectivity index (χ4n) is 6.95. The third-order valence-corrected chi connectivity index (χ3v) is 8.11. The molecule has 0 aromatic carbocycles. The van der Waals surface area contributed by atoms with Crippen LogP contribution in [0.25, 0.3) is 0 Å². The van der Waals surface area contributed by atoms with E-state index in [1.54, 1.807) is 5.57 Å². The smallest absolute Gasteiger partial charge is 0.0727 e. The van der Waals surface area contributed by atoms with Crippen LogP contribution in [0.3, 0.4) is 0 Å². The third-order valence-electron chi connectivity index (χ3n) is 8.11. The molecule has 1 nitrogen and oxygen atoms in total. The Morgan fingerprint density at radius 3 is 2.64 bits per heavy atom. The summed E-state index contributed by atoms with van der Waals surface area (Å²) in [5.74, 6) is 2.51. The maximum Gasteiger partial charge on any atom is 0.0727 e. The van der Waals surface area contributed by atoms with Gasteiger partial charge in [-0.3, -0.25) is 0 Å². The second kappa shape index (κ2) is 4.97. The quantitative estimate of drug-likeness (QED) is 0.655. The normalized spacial score (nSPS) is 48.6. The minimum atomic E-state index is -0.258. The summed E-state index contributed by atoms with van der Waals surface area (Å²) in [7, 11) is 0. The van der Waals surface area contributed by atoms with E-state index in [0.29, 0.717) is 5.41 Å². The molecule has 6 atom stereocenters. The van der Waals surface area contributed by atoms with Crippen LogP contribution in [-0.4, -0.2) is 11.2 Å². The number of allylic oxidation sites excluding steroid dienone is 3. The number of hydrogen-bond acceptors (Lipinski definition) is 1. The Labute approximate surface area is 135 Å². The highest BCUT2D eigenvalue weighted by molar-refractivity contribution is 5.31. The first-order chi connectivity index (χ1) is 10.5. The van der Waals surface area contributed by atoms with Crippen LogP contribution in [0.5, 0.6) is 0 Å². The zero-order chi connectivity index (χ0) is 15.5. The summed E-state index contributed by atoms with van der Waals surface area (Å²) in [6.45, 7) is 6.99. The highest BCUT2D eigenvalue weighted by atomic mass is 16.3. The van der Waals surface area contributed by atoms with Gasteiger partial charge in [0.1, 0.15) is 0 Å². The molecule has 0 amide bonds. The van der Waals surface area contributed by atoms with E-state index in [-0.39, 0.29) is 11.5 Å². The molecule has 6 unspecified atom stereocenters. The molecular formula is C21H32O. The van der Waals surface area contributed by atoms with Crippen molar-refractivity contribution in [2.24, 2.45) is 28.6 Å². The molecule has 1 heteroatoms. The van der Waals surface area contributed by atoms with Crippen molar-refractivity contribution in [1.29, 1.82) is 0 Å². The minimum absolute atomic E-state index is 0.258. The molecule has 4 rings (SSSR count). The van der Waals surface area contributed by atoms with Gasteiger partial charge in [-0.1, -0.05) is 38.0 Å². The third kappa shape index (κ3) is 1.87. The summed E-state index contributed by atoms with van der Waals surface area (Å²) in [5.41, 5.74) is 3.91. The van der Waals surface area contributed by atoms with E-state index in [4.69, 9.17) is 0 Å². The van der Waals surface area contributed by atoms with E-state index in [9.17, 15) is 5.11 Å². The Morgan fingerprint density at radius 1 is 1.05 bits per heavy atom. The molecule has 122 valence electrons. The summed E-state index contributed by atoms with van der Waals surface area (Å²) >= 11 is 0. The lowest BCUT2D eigenvalue weighted by Crippen LogP contribution is -2.49. The first-order valence-corrected chi connectivity index (χ1v) is 9.55. The van der Waals surface area contributed by atoms with Gasteiger partial charge in [-0.15, -0.1) is 0 Å². The molecule has 22 heavy (non-hydrogen) atoms. The van der Waals surface area contributed by atoms with Crippen LogP contribution in [0.4, 0.5) is 0 Å². The number of fused-ring (bicyclic) bond motifs is 5. The van der Waals surface area contributed by atoms with Gasteiger partial charge in [0.2, 0.25) is 0 Å². The number of aliphatic hydroxyl groups is 1. The van der Waals surface area contributed by atoms with Crippen molar-refractivity contribution in [3.8, 4) is 0 Å². The summed E-state index contributed by atoms with van der Waals surface area (Å²) < 4.78 is 0. The predicted octanol–water partition coefficient (Wildman–Crippen LogP) is 5.26. The first-order valence-electron chi connectivity index (χ1n) is 9.55. The Morgan fingerprint density at radius 2 is 1.86 bits per heavy atom. The van der Waals surface area contributed by atoms with E-state index in [0.717, 1.165) is 17.8 Å². The molecule has 4 aliphatic rings. The van der Waals surface area contributed by atoms with Gasteiger partial charge in [0.25, 0.3) is 0 Å². The summed E-state index contributed by atoms with van der Waals surface area (Å²) in [5, 5.41) is 10.2. The monoisotopic (exact) mass is 300 g/mol. The summed E-state index contributed by atoms with van der Waals surface area (Å²) in [6.07, 6.45) is 15.5. The second-order valence-corrected chi connectivity index (χ2v) is 8.99. The van der Waals surface area contributed by atoms with Gasteiger partial charge in [0, 0.05) is 0 Å². The second-order valence-electron chi connectivity index (χ2n) is 8.99. The molecule has 0 aromatic rings. The number of rotatable bonds is 1. The van der Waals surface area contributed by atoms with Crippen LogP contribution in [0.15, 0.2) is 23.3 Å². The van der Waals surface area contributed by atoms with Crippen molar-refractivity contribution in [1.82, 2.24) is 0 Å². The van der Waals surface area contributed by atoms with Gasteiger partial charge >= 0.3 is 0 Å². The molecule has 0 heterocycles. The van der Waals surface area contributed by atoms with E-state index >= 15 is 0 Å². The number of hydrogen-bond donors (Lipinski definition) is 1. The zero-order valence-corrected chi connectivity index (χ0v) is 14.6. The Kier molecular flexibility index (Phi) is 3.39. The lowest BCUT2D eigenvalue weighted by molar-refractivity contribution is -0.0225. The molecule has 0 aliphatic heterocycles. The Balaban J connectivity index is 1.67. The fraction of sp³-hybridized carbons (Fsp3) is 0.810. The van der Waals surface area contributed by atoms with Gasteiger partial charge in [0.05, 0.1) is 6.10 Å². The topological polar surface area (TPSA) is 20.2 Å². The van der Waals surface area contributed by atoms with Crippen LogP contribution in [0, 0.1) is 28.6 Å². The van der Waals surface area contributed by atoms with Crippen LogP contribution >= 0.6 is 0 Å². The van der Waals surface area contributed by atoms with Crippen molar-refractivity contribution in [2.75, 3.05) is 0 Å². The molecule has 2 saturated carbocycles. The molecule has 0 radical (unpaired) electrons. The molecular weight excluding hydrogens is 268 g/mol. The molecule has 0 aromatic heterocycles. The van der Waals surface area contributed by atoms with Gasteiger partial charge in [0.15, 0.2) is 0 Å². The molecule has 0 saturated heterocycles. The highest BCUT2D eigenvalue weighted by Gasteiger charge is 2.56. The number of aliphatic hydroxyl groups excluding tert-OH is 1. The van der Waals surface area contributed by atoms with Gasteiger partial charge < -0.3 is 5.11 Å². The van der Waals surface area contributed by atoms with E-state index < -0.39 is 0 Å². The lowest BCUT2D eigenvalue weighted by atomic mass is 9.47. The molecule has 0 spiro atoms. The van der Waals surface area contributed by atoms with Crippen molar-refractivity contribution in [3.05, 3.63) is 23.3 Å². The van der Waals surface area contributed by atoms with Crippen LogP contribution in [0.2, 0.25) is 0 Å². The van der Waals surface area contributed by atoms with E-state index in [2.05, 4.69) is 26.0 Å². The van der Waals surface area contributed by atoms with Crippen molar-refractivity contribution in [2.45, 2.75) is 78.2 Å². The standard InChI is InChI=1S/C21H32O/c1-14(22)17-9-10-18-16-8-7-15-6-4-5-12-20(15,2)19(16)11-13-21(17,18)3/h7,9,14,16,18-19,22H,4-6,8,10-13H2,1-3H3. The van der Waals surface area contributed by atoms with Crippen molar-refractivity contribution >= 4 is 0 Å². The maximum absolute atomic E-state index is 10.2. The first kappa shape index (κ1) is 15.0. The molecule has 1 N–H and O–H groups in total. The molecule has 4 aliphatic carbocycles. The highest BCUT2D eigenvalue weighted by Crippen LogP contribution is 2.65. The average molecular weight is 300 g/mol. The lowest BCUT2D eigenvalue weighted by Gasteiger charge is -2.57. The van der Waals surface area contributed by atoms with E-state index in [1.807, 2.05) is 6.92 Å². The van der Waals surface area contributed by atoms with Crippen LogP contribution in [-0.2, 0) is 0 Å². The summed E-state index contributed by atoms with van der Waals surface area (Å²) in [4.78, 5) is 0. The SMILES string of the molecule is CC(O)C1=CCC2C3CC=C4CCCCC4(C)C3CCC12C. The predicted molar refractivity (Wildman–Crippen MR) is 91.5 cm³/mol. The Bertz CT molecular complexity index is 528. The summed E-state index contributed by atoms with van der Waals surface area (Å²) in [6, 6.07) is 0. The average Bonchev–Trinajstić information content (AvgIpc) is 2.84. The van der Waals surface area contributed by atoms with E-state index in [1.165, 1.54) is 56.9 Å². The van der Waals surface area contributed by atoms with Gasteiger partial charge in [-0.25, -0.2) is 0 Å². The van der Waals surface area contributed by atoms with Gasteiger partial charge in [-0.2, -0.15) is 0 Å². The maximum atomic E-state index is 10.2. The minimum Gasteiger partial charge on any atom is -0.389 e. The van der Waals surface area contributed by atoms with Crippen molar-refractivity contribution in [3.63, 3.8) is 0 Å².